The average Bonchev–Trinajstić information content (AvgIpc) is 2.62. The van der Waals surface area contributed by atoms with Crippen molar-refractivity contribution in [2.75, 3.05) is 18.1 Å². The second-order valence-corrected chi connectivity index (χ2v) is 7.81. The number of hydrogen-bond acceptors (Lipinski definition) is 4. The Hall–Kier alpha value is -0.620. The van der Waals surface area contributed by atoms with Gasteiger partial charge in [-0.2, -0.15) is 0 Å². The van der Waals surface area contributed by atoms with Crippen LogP contribution in [0.5, 0.6) is 0 Å². The fraction of sp³-hybridized carbons (Fsp3) is 0.917. The Labute approximate surface area is 108 Å². The maximum absolute atomic E-state index is 11.7. The Morgan fingerprint density at radius 3 is 2.67 bits per heavy atom. The number of rotatable bonds is 3. The van der Waals surface area contributed by atoms with Gasteiger partial charge in [0.05, 0.1) is 17.9 Å². The van der Waals surface area contributed by atoms with Crippen molar-refractivity contribution >= 4 is 15.8 Å². The Balaban J connectivity index is 2.14. The van der Waals surface area contributed by atoms with Crippen LogP contribution in [-0.2, 0) is 14.6 Å². The third-order valence-electron chi connectivity index (χ3n) is 4.23. The zero-order valence-corrected chi connectivity index (χ0v) is 11.5. The SMILES string of the molecule is CC1CCCC1N1CCS(=O)(=O)CC1CC(=O)O. The summed E-state index contributed by atoms with van der Waals surface area (Å²) in [7, 11) is -3.06. The minimum absolute atomic E-state index is 0.00250. The molecule has 3 unspecified atom stereocenters. The number of carboxylic acids is 1. The molecule has 0 bridgehead atoms. The number of carboxylic acid groups (broad SMARTS) is 1. The predicted molar refractivity (Wildman–Crippen MR) is 68.2 cm³/mol. The summed E-state index contributed by atoms with van der Waals surface area (Å²) in [6.07, 6.45) is 3.32. The van der Waals surface area contributed by atoms with E-state index < -0.39 is 15.8 Å². The van der Waals surface area contributed by atoms with E-state index in [4.69, 9.17) is 5.11 Å². The molecule has 0 amide bonds. The lowest BCUT2D eigenvalue weighted by atomic mass is 10.0. The van der Waals surface area contributed by atoms with Crippen LogP contribution >= 0.6 is 0 Å². The van der Waals surface area contributed by atoms with Crippen LogP contribution < -0.4 is 0 Å². The van der Waals surface area contributed by atoms with E-state index in [1.807, 2.05) is 0 Å². The van der Waals surface area contributed by atoms with Gasteiger partial charge in [0.25, 0.3) is 0 Å². The minimum atomic E-state index is -3.06. The summed E-state index contributed by atoms with van der Waals surface area (Å²) >= 11 is 0. The summed E-state index contributed by atoms with van der Waals surface area (Å²) in [6, 6.07) is 0.0247. The molecule has 1 saturated heterocycles. The first-order valence-corrected chi connectivity index (χ1v) is 8.39. The van der Waals surface area contributed by atoms with E-state index >= 15 is 0 Å². The van der Waals surface area contributed by atoms with Crippen molar-refractivity contribution in [3.63, 3.8) is 0 Å². The molecule has 1 N–H and O–H groups in total. The molecule has 6 heteroatoms. The van der Waals surface area contributed by atoms with E-state index in [2.05, 4.69) is 11.8 Å². The Kier molecular flexibility index (Phi) is 3.96. The highest BCUT2D eigenvalue weighted by atomic mass is 32.2. The first-order valence-electron chi connectivity index (χ1n) is 6.57. The summed E-state index contributed by atoms with van der Waals surface area (Å²) < 4.78 is 23.3. The highest BCUT2D eigenvalue weighted by molar-refractivity contribution is 7.91. The van der Waals surface area contributed by atoms with Crippen molar-refractivity contribution in [1.29, 1.82) is 0 Å². The van der Waals surface area contributed by atoms with Gasteiger partial charge in [-0.3, -0.25) is 9.69 Å². The van der Waals surface area contributed by atoms with Crippen LogP contribution in [0.25, 0.3) is 0 Å². The molecular formula is C12H21NO4S. The number of aliphatic carboxylic acids is 1. The second-order valence-electron chi connectivity index (χ2n) is 5.58. The van der Waals surface area contributed by atoms with Crippen LogP contribution in [0.4, 0.5) is 0 Å². The lowest BCUT2D eigenvalue weighted by Gasteiger charge is -2.40. The van der Waals surface area contributed by atoms with E-state index in [1.54, 1.807) is 0 Å². The van der Waals surface area contributed by atoms with Gasteiger partial charge in [-0.15, -0.1) is 0 Å². The lowest BCUT2D eigenvalue weighted by molar-refractivity contribution is -0.138. The van der Waals surface area contributed by atoms with Gasteiger partial charge in [0.15, 0.2) is 9.84 Å². The highest BCUT2D eigenvalue weighted by Crippen LogP contribution is 2.32. The minimum Gasteiger partial charge on any atom is -0.481 e. The molecule has 3 atom stereocenters. The van der Waals surface area contributed by atoms with Crippen LogP contribution in [-0.4, -0.2) is 54.5 Å². The molecule has 2 fully saturated rings. The average molecular weight is 275 g/mol. The molecule has 0 aromatic rings. The van der Waals surface area contributed by atoms with Gasteiger partial charge in [-0.05, 0) is 18.8 Å². The summed E-state index contributed by atoms with van der Waals surface area (Å²) in [6.45, 7) is 2.67. The number of sulfone groups is 1. The summed E-state index contributed by atoms with van der Waals surface area (Å²) in [5.74, 6) is -0.190. The van der Waals surface area contributed by atoms with Crippen LogP contribution in [0.15, 0.2) is 0 Å². The predicted octanol–water partition coefficient (Wildman–Crippen LogP) is 0.749. The van der Waals surface area contributed by atoms with Gasteiger partial charge in [0.1, 0.15) is 0 Å². The van der Waals surface area contributed by atoms with Crippen molar-refractivity contribution in [3.8, 4) is 0 Å². The van der Waals surface area contributed by atoms with Gasteiger partial charge >= 0.3 is 5.97 Å². The Morgan fingerprint density at radius 2 is 2.11 bits per heavy atom. The molecule has 5 nitrogen and oxygen atoms in total. The molecule has 104 valence electrons. The smallest absolute Gasteiger partial charge is 0.304 e. The molecule has 0 aromatic carbocycles. The first kappa shape index (κ1) is 13.8. The summed E-state index contributed by atoms with van der Waals surface area (Å²) in [5.41, 5.74) is 0. The Morgan fingerprint density at radius 1 is 1.39 bits per heavy atom. The van der Waals surface area contributed by atoms with E-state index in [1.165, 1.54) is 0 Å². The fourth-order valence-corrected chi connectivity index (χ4v) is 4.88. The quantitative estimate of drug-likeness (QED) is 0.822. The molecule has 0 spiro atoms. The van der Waals surface area contributed by atoms with Gasteiger partial charge in [0, 0.05) is 18.6 Å². The monoisotopic (exact) mass is 275 g/mol. The zero-order chi connectivity index (χ0) is 13.3. The molecule has 0 aromatic heterocycles. The third-order valence-corrected chi connectivity index (χ3v) is 5.93. The molecule has 2 rings (SSSR count). The van der Waals surface area contributed by atoms with Crippen molar-refractivity contribution in [1.82, 2.24) is 4.90 Å². The van der Waals surface area contributed by atoms with Gasteiger partial charge in [-0.1, -0.05) is 13.3 Å². The Bertz CT molecular complexity index is 420. The molecule has 0 radical (unpaired) electrons. The van der Waals surface area contributed by atoms with E-state index in [9.17, 15) is 13.2 Å². The molecular weight excluding hydrogens is 254 g/mol. The lowest BCUT2D eigenvalue weighted by Crippen LogP contribution is -2.54. The summed E-state index contributed by atoms with van der Waals surface area (Å²) in [4.78, 5) is 13.0. The van der Waals surface area contributed by atoms with E-state index in [0.717, 1.165) is 19.3 Å². The topological polar surface area (TPSA) is 74.7 Å². The molecule has 1 saturated carbocycles. The fourth-order valence-electron chi connectivity index (χ4n) is 3.33. The van der Waals surface area contributed by atoms with Gasteiger partial charge in [-0.25, -0.2) is 8.42 Å². The van der Waals surface area contributed by atoms with Crippen molar-refractivity contribution < 1.29 is 18.3 Å². The first-order chi connectivity index (χ1) is 8.39. The number of carbonyl (C=O) groups is 1. The van der Waals surface area contributed by atoms with Gasteiger partial charge < -0.3 is 5.11 Å². The molecule has 1 aliphatic heterocycles. The molecule has 18 heavy (non-hydrogen) atoms. The molecule has 2 aliphatic rings. The highest BCUT2D eigenvalue weighted by Gasteiger charge is 2.39. The van der Waals surface area contributed by atoms with E-state index in [0.29, 0.717) is 18.5 Å². The van der Waals surface area contributed by atoms with Crippen LogP contribution in [0.3, 0.4) is 0 Å². The maximum atomic E-state index is 11.7. The zero-order valence-electron chi connectivity index (χ0n) is 10.7. The summed E-state index contributed by atoms with van der Waals surface area (Å²) in [5, 5.41) is 8.94. The van der Waals surface area contributed by atoms with Crippen molar-refractivity contribution in [3.05, 3.63) is 0 Å². The van der Waals surface area contributed by atoms with Crippen LogP contribution in [0.2, 0.25) is 0 Å². The number of nitrogens with zero attached hydrogens (tertiary/aromatic N) is 1. The van der Waals surface area contributed by atoms with Crippen LogP contribution in [0.1, 0.15) is 32.6 Å². The van der Waals surface area contributed by atoms with E-state index in [-0.39, 0.29) is 24.0 Å². The normalized spacial score (nSPS) is 36.6. The van der Waals surface area contributed by atoms with Crippen LogP contribution in [0, 0.1) is 5.92 Å². The molecule has 1 aliphatic carbocycles. The maximum Gasteiger partial charge on any atom is 0.304 e. The standard InChI is InChI=1S/C12H21NO4S/c1-9-3-2-4-11(9)13-5-6-18(16,17)8-10(13)7-12(14)15/h9-11H,2-8H2,1H3,(H,14,15). The number of hydrogen-bond donors (Lipinski definition) is 1. The second kappa shape index (κ2) is 5.17. The largest absolute Gasteiger partial charge is 0.481 e. The molecule has 1 heterocycles. The van der Waals surface area contributed by atoms with Crippen molar-refractivity contribution in [2.24, 2.45) is 5.92 Å². The van der Waals surface area contributed by atoms with Gasteiger partial charge in [0.2, 0.25) is 0 Å². The van der Waals surface area contributed by atoms with Crippen molar-refractivity contribution in [2.45, 2.75) is 44.7 Å². The third kappa shape index (κ3) is 3.03.